The fraction of sp³-hybridized carbons (Fsp3) is 1.00. The Morgan fingerprint density at radius 1 is 1.29 bits per heavy atom. The minimum Gasteiger partial charge on any atom is -0.379 e. The predicted molar refractivity (Wildman–Crippen MR) is 60.5 cm³/mol. The van der Waals surface area contributed by atoms with Crippen LogP contribution in [0.25, 0.3) is 0 Å². The summed E-state index contributed by atoms with van der Waals surface area (Å²) in [6.45, 7) is 6.31. The van der Waals surface area contributed by atoms with Gasteiger partial charge >= 0.3 is 0 Å². The molecule has 0 aromatic rings. The molecule has 1 aliphatic carbocycles. The van der Waals surface area contributed by atoms with Crippen LogP contribution in [0, 0.1) is 5.41 Å². The van der Waals surface area contributed by atoms with E-state index in [1.165, 1.54) is 32.1 Å². The van der Waals surface area contributed by atoms with Crippen molar-refractivity contribution in [2.45, 2.75) is 52.1 Å². The maximum Gasteiger partial charge on any atom is 0.0518 e. The van der Waals surface area contributed by atoms with Gasteiger partial charge in [0.2, 0.25) is 0 Å². The first-order valence-electron chi connectivity index (χ1n) is 5.95. The van der Waals surface area contributed by atoms with Crippen molar-refractivity contribution in [3.8, 4) is 0 Å². The third kappa shape index (κ3) is 3.58. The van der Waals surface area contributed by atoms with Crippen LogP contribution in [-0.4, -0.2) is 26.3 Å². The number of ether oxygens (including phenoxy) is 1. The Morgan fingerprint density at radius 3 is 2.43 bits per heavy atom. The van der Waals surface area contributed by atoms with E-state index < -0.39 is 0 Å². The lowest BCUT2D eigenvalue weighted by atomic mass is 9.83. The van der Waals surface area contributed by atoms with E-state index in [0.717, 1.165) is 13.2 Å². The first kappa shape index (κ1) is 12.0. The van der Waals surface area contributed by atoms with Crippen LogP contribution < -0.4 is 5.32 Å². The summed E-state index contributed by atoms with van der Waals surface area (Å²) in [4.78, 5) is 0. The molecule has 2 nitrogen and oxygen atoms in total. The number of rotatable bonds is 6. The van der Waals surface area contributed by atoms with Crippen LogP contribution in [0.4, 0.5) is 0 Å². The Labute approximate surface area is 88.4 Å². The van der Waals surface area contributed by atoms with Crippen molar-refractivity contribution in [1.29, 1.82) is 0 Å². The quantitative estimate of drug-likeness (QED) is 0.710. The molecule has 1 aliphatic rings. The zero-order valence-corrected chi connectivity index (χ0v) is 9.94. The summed E-state index contributed by atoms with van der Waals surface area (Å²) in [6.07, 6.45) is 7.19. The summed E-state index contributed by atoms with van der Waals surface area (Å²) in [5.41, 5.74) is 0.545. The maximum absolute atomic E-state index is 5.65. The minimum atomic E-state index is 0.378. The summed E-state index contributed by atoms with van der Waals surface area (Å²) in [5.74, 6) is 0. The van der Waals surface area contributed by atoms with Crippen LogP contribution in [0.1, 0.15) is 46.0 Å². The molecule has 84 valence electrons. The van der Waals surface area contributed by atoms with Gasteiger partial charge < -0.3 is 10.1 Å². The second kappa shape index (κ2) is 5.72. The molecule has 1 saturated carbocycles. The Bertz CT molecular complexity index is 150. The highest BCUT2D eigenvalue weighted by molar-refractivity contribution is 4.86. The summed E-state index contributed by atoms with van der Waals surface area (Å²) in [5, 5.41) is 3.33. The first-order chi connectivity index (χ1) is 6.68. The summed E-state index contributed by atoms with van der Waals surface area (Å²) >= 11 is 0. The smallest absolute Gasteiger partial charge is 0.0518 e. The highest BCUT2D eigenvalue weighted by Gasteiger charge is 2.32. The van der Waals surface area contributed by atoms with Crippen molar-refractivity contribution in [2.24, 2.45) is 5.41 Å². The Hall–Kier alpha value is -0.0800. The average Bonchev–Trinajstić information content (AvgIpc) is 2.53. The average molecular weight is 199 g/mol. The van der Waals surface area contributed by atoms with Gasteiger partial charge in [-0.25, -0.2) is 0 Å². The van der Waals surface area contributed by atoms with Crippen LogP contribution in [0.15, 0.2) is 0 Å². The van der Waals surface area contributed by atoms with Crippen LogP contribution in [0.5, 0.6) is 0 Å². The molecule has 0 radical (unpaired) electrons. The second-order valence-corrected chi connectivity index (χ2v) is 4.91. The van der Waals surface area contributed by atoms with Crippen molar-refractivity contribution in [1.82, 2.24) is 5.32 Å². The lowest BCUT2D eigenvalue weighted by molar-refractivity contribution is 0.0518. The van der Waals surface area contributed by atoms with E-state index in [1.807, 2.05) is 0 Å². The monoisotopic (exact) mass is 199 g/mol. The number of hydrogen-bond acceptors (Lipinski definition) is 2. The SMILES string of the molecule is CNCC1(CCOC(C)C)CCCC1. The lowest BCUT2D eigenvalue weighted by Crippen LogP contribution is -2.31. The highest BCUT2D eigenvalue weighted by Crippen LogP contribution is 2.40. The van der Waals surface area contributed by atoms with Crippen molar-refractivity contribution >= 4 is 0 Å². The molecule has 0 saturated heterocycles. The topological polar surface area (TPSA) is 21.3 Å². The zero-order valence-electron chi connectivity index (χ0n) is 9.94. The van der Waals surface area contributed by atoms with E-state index in [2.05, 4.69) is 26.2 Å². The van der Waals surface area contributed by atoms with Gasteiger partial charge in [-0.2, -0.15) is 0 Å². The van der Waals surface area contributed by atoms with Crippen molar-refractivity contribution < 1.29 is 4.74 Å². The van der Waals surface area contributed by atoms with Gasteiger partial charge in [0.1, 0.15) is 0 Å². The molecule has 1 rings (SSSR count). The summed E-state index contributed by atoms with van der Waals surface area (Å²) < 4.78 is 5.65. The summed E-state index contributed by atoms with van der Waals surface area (Å²) in [6, 6.07) is 0. The molecule has 1 N–H and O–H groups in total. The van der Waals surface area contributed by atoms with Gasteiger partial charge in [-0.15, -0.1) is 0 Å². The molecule has 0 unspecified atom stereocenters. The number of nitrogens with one attached hydrogen (secondary N) is 1. The largest absolute Gasteiger partial charge is 0.379 e. The molecule has 1 fully saturated rings. The zero-order chi connectivity index (χ0) is 10.4. The van der Waals surface area contributed by atoms with E-state index in [0.29, 0.717) is 11.5 Å². The van der Waals surface area contributed by atoms with Gasteiger partial charge in [-0.3, -0.25) is 0 Å². The molecule has 0 heterocycles. The van der Waals surface area contributed by atoms with E-state index in [-0.39, 0.29) is 0 Å². The molecule has 0 aliphatic heterocycles. The highest BCUT2D eigenvalue weighted by atomic mass is 16.5. The Morgan fingerprint density at radius 2 is 1.93 bits per heavy atom. The second-order valence-electron chi connectivity index (χ2n) is 4.91. The summed E-state index contributed by atoms with van der Waals surface area (Å²) in [7, 11) is 2.06. The van der Waals surface area contributed by atoms with Gasteiger partial charge in [-0.05, 0) is 45.6 Å². The van der Waals surface area contributed by atoms with E-state index in [9.17, 15) is 0 Å². The fourth-order valence-corrected chi connectivity index (χ4v) is 2.53. The van der Waals surface area contributed by atoms with E-state index in [1.54, 1.807) is 0 Å². The normalized spacial score (nSPS) is 20.6. The van der Waals surface area contributed by atoms with Crippen LogP contribution in [0.3, 0.4) is 0 Å². The molecule has 14 heavy (non-hydrogen) atoms. The van der Waals surface area contributed by atoms with Crippen molar-refractivity contribution in [2.75, 3.05) is 20.2 Å². The van der Waals surface area contributed by atoms with Gasteiger partial charge in [0, 0.05) is 13.2 Å². The molecule has 0 bridgehead atoms. The Balaban J connectivity index is 2.28. The predicted octanol–water partition coefficient (Wildman–Crippen LogP) is 2.58. The Kier molecular flexibility index (Phi) is 4.90. The van der Waals surface area contributed by atoms with Gasteiger partial charge in [0.15, 0.2) is 0 Å². The van der Waals surface area contributed by atoms with Crippen LogP contribution in [0.2, 0.25) is 0 Å². The molecular weight excluding hydrogens is 174 g/mol. The molecule has 2 heteroatoms. The first-order valence-corrected chi connectivity index (χ1v) is 5.95. The standard InChI is InChI=1S/C12H25NO/c1-11(2)14-9-8-12(10-13-3)6-4-5-7-12/h11,13H,4-10H2,1-3H3. The van der Waals surface area contributed by atoms with Crippen molar-refractivity contribution in [3.05, 3.63) is 0 Å². The van der Waals surface area contributed by atoms with Gasteiger partial charge in [0.25, 0.3) is 0 Å². The molecule has 0 aromatic carbocycles. The van der Waals surface area contributed by atoms with E-state index in [4.69, 9.17) is 4.74 Å². The molecule has 0 aromatic heterocycles. The number of hydrogen-bond donors (Lipinski definition) is 1. The lowest BCUT2D eigenvalue weighted by Gasteiger charge is -2.29. The molecule has 0 atom stereocenters. The van der Waals surface area contributed by atoms with Crippen molar-refractivity contribution in [3.63, 3.8) is 0 Å². The van der Waals surface area contributed by atoms with Crippen LogP contribution in [-0.2, 0) is 4.74 Å². The third-order valence-corrected chi connectivity index (χ3v) is 3.30. The van der Waals surface area contributed by atoms with Crippen LogP contribution >= 0.6 is 0 Å². The maximum atomic E-state index is 5.65. The third-order valence-electron chi connectivity index (χ3n) is 3.30. The fourth-order valence-electron chi connectivity index (χ4n) is 2.53. The van der Waals surface area contributed by atoms with Gasteiger partial charge in [0.05, 0.1) is 6.10 Å². The van der Waals surface area contributed by atoms with Gasteiger partial charge in [-0.1, -0.05) is 12.8 Å². The molecule has 0 amide bonds. The molecular formula is C12H25NO. The van der Waals surface area contributed by atoms with E-state index >= 15 is 0 Å². The molecule has 0 spiro atoms. The minimum absolute atomic E-state index is 0.378.